The Hall–Kier alpha value is -1.00. The first-order valence-electron chi connectivity index (χ1n) is 7.26. The summed E-state index contributed by atoms with van der Waals surface area (Å²) in [6.45, 7) is 1.43. The summed E-state index contributed by atoms with van der Waals surface area (Å²) in [6, 6.07) is 3.61. The minimum Gasteiger partial charge on any atom is -0.377 e. The van der Waals surface area contributed by atoms with E-state index in [2.05, 4.69) is 10.3 Å². The highest BCUT2D eigenvalue weighted by Gasteiger charge is 2.66. The maximum Gasteiger partial charge on any atom is 0.146 e. The molecule has 0 radical (unpaired) electrons. The zero-order chi connectivity index (χ0) is 12.9. The van der Waals surface area contributed by atoms with Gasteiger partial charge in [0.25, 0.3) is 0 Å². The minimum atomic E-state index is -0.212. The third kappa shape index (κ3) is 1.59. The van der Waals surface area contributed by atoms with Crippen LogP contribution in [0.15, 0.2) is 18.3 Å². The molecule has 0 aromatic carbocycles. The van der Waals surface area contributed by atoms with Crippen LogP contribution >= 0.6 is 0 Å². The van der Waals surface area contributed by atoms with Gasteiger partial charge in [-0.15, -0.1) is 0 Å². The van der Waals surface area contributed by atoms with E-state index in [0.717, 1.165) is 13.0 Å². The Balaban J connectivity index is 1.47. The lowest BCUT2D eigenvalue weighted by Gasteiger charge is -2.63. The van der Waals surface area contributed by atoms with Crippen LogP contribution < -0.4 is 5.32 Å². The second-order valence-corrected chi connectivity index (χ2v) is 6.12. The van der Waals surface area contributed by atoms with Gasteiger partial charge in [-0.3, -0.25) is 4.98 Å². The number of ether oxygens (including phenoxy) is 1. The maximum absolute atomic E-state index is 13.6. The van der Waals surface area contributed by atoms with E-state index in [1.165, 1.54) is 25.3 Å². The van der Waals surface area contributed by atoms with Gasteiger partial charge in [0.2, 0.25) is 0 Å². The van der Waals surface area contributed by atoms with Crippen molar-refractivity contribution < 1.29 is 9.13 Å². The minimum absolute atomic E-state index is 0.212. The van der Waals surface area contributed by atoms with Crippen molar-refractivity contribution >= 4 is 0 Å². The second-order valence-electron chi connectivity index (χ2n) is 6.12. The molecule has 1 aromatic heterocycles. The van der Waals surface area contributed by atoms with Gasteiger partial charge >= 0.3 is 0 Å². The number of nitrogens with zero attached hydrogens (tertiary/aromatic N) is 1. The monoisotopic (exact) mass is 262 g/mol. The van der Waals surface area contributed by atoms with Gasteiger partial charge in [-0.2, -0.15) is 0 Å². The molecule has 3 aliphatic rings. The molecule has 0 unspecified atom stereocenters. The lowest BCUT2D eigenvalue weighted by molar-refractivity contribution is -0.176. The van der Waals surface area contributed by atoms with Gasteiger partial charge < -0.3 is 10.1 Å². The van der Waals surface area contributed by atoms with E-state index < -0.39 is 0 Å². The third-order valence-electron chi connectivity index (χ3n) is 5.36. The first-order chi connectivity index (χ1) is 9.31. The summed E-state index contributed by atoms with van der Waals surface area (Å²) in [4.78, 5) is 4.12. The van der Waals surface area contributed by atoms with E-state index in [4.69, 9.17) is 4.74 Å². The number of aromatic nitrogens is 1. The molecule has 1 aromatic rings. The number of rotatable bonds is 3. The lowest BCUT2D eigenvalue weighted by Crippen LogP contribution is -2.70. The second kappa shape index (κ2) is 4.25. The van der Waals surface area contributed by atoms with Crippen LogP contribution in [0.5, 0.6) is 0 Å². The van der Waals surface area contributed by atoms with Crippen LogP contribution in [-0.4, -0.2) is 23.7 Å². The summed E-state index contributed by atoms with van der Waals surface area (Å²) < 4.78 is 19.5. The Kier molecular flexibility index (Phi) is 2.64. The van der Waals surface area contributed by atoms with Crippen molar-refractivity contribution in [1.29, 1.82) is 0 Å². The van der Waals surface area contributed by atoms with Gasteiger partial charge in [-0.1, -0.05) is 6.42 Å². The van der Waals surface area contributed by atoms with Crippen molar-refractivity contribution in [2.75, 3.05) is 6.61 Å². The van der Waals surface area contributed by atoms with Crippen LogP contribution in [0.1, 0.15) is 31.4 Å². The van der Waals surface area contributed by atoms with E-state index >= 15 is 0 Å². The van der Waals surface area contributed by atoms with Gasteiger partial charge in [0.05, 0.1) is 11.8 Å². The molecular weight excluding hydrogens is 243 g/mol. The van der Waals surface area contributed by atoms with Crippen molar-refractivity contribution in [2.45, 2.75) is 44.4 Å². The van der Waals surface area contributed by atoms with E-state index in [0.29, 0.717) is 35.7 Å². The number of hydrogen-bond donors (Lipinski definition) is 1. The van der Waals surface area contributed by atoms with Gasteiger partial charge in [-0.25, -0.2) is 4.39 Å². The number of fused-ring (bicyclic) bond motifs is 2. The molecule has 4 rings (SSSR count). The summed E-state index contributed by atoms with van der Waals surface area (Å²) in [5, 5.41) is 3.56. The SMILES string of the molecule is Fc1cccnc1CN[C@@H]1[C@@H]2CCO[C@H]2C12CCC2. The normalized spacial score (nSPS) is 34.7. The Morgan fingerprint density at radius 2 is 2.37 bits per heavy atom. The smallest absolute Gasteiger partial charge is 0.146 e. The van der Waals surface area contributed by atoms with Gasteiger partial charge in [0, 0.05) is 36.7 Å². The molecule has 102 valence electrons. The summed E-state index contributed by atoms with van der Waals surface area (Å²) in [5.41, 5.74) is 0.881. The number of pyridine rings is 1. The Morgan fingerprint density at radius 1 is 1.47 bits per heavy atom. The van der Waals surface area contributed by atoms with E-state index in [9.17, 15) is 4.39 Å². The van der Waals surface area contributed by atoms with Crippen LogP contribution in [0, 0.1) is 17.2 Å². The number of nitrogens with one attached hydrogen (secondary N) is 1. The van der Waals surface area contributed by atoms with E-state index in [-0.39, 0.29) is 5.82 Å². The van der Waals surface area contributed by atoms with Crippen molar-refractivity contribution in [2.24, 2.45) is 11.3 Å². The van der Waals surface area contributed by atoms with Gasteiger partial charge in [0.15, 0.2) is 0 Å². The lowest BCUT2D eigenvalue weighted by atomic mass is 9.46. The summed E-state index contributed by atoms with van der Waals surface area (Å²) in [7, 11) is 0. The molecular formula is C15H19FN2O. The average molecular weight is 262 g/mol. The van der Waals surface area contributed by atoms with Gasteiger partial charge in [-0.05, 0) is 31.4 Å². The number of hydrogen-bond acceptors (Lipinski definition) is 3. The molecule has 2 heterocycles. The molecule has 1 aliphatic heterocycles. The van der Waals surface area contributed by atoms with Crippen molar-refractivity contribution in [1.82, 2.24) is 10.3 Å². The van der Waals surface area contributed by atoms with Crippen LogP contribution in [-0.2, 0) is 11.3 Å². The highest BCUT2D eigenvalue weighted by molar-refractivity contribution is 5.19. The zero-order valence-corrected chi connectivity index (χ0v) is 10.9. The highest BCUT2D eigenvalue weighted by Crippen LogP contribution is 2.62. The average Bonchev–Trinajstić information content (AvgIpc) is 2.75. The van der Waals surface area contributed by atoms with Crippen LogP contribution in [0.3, 0.4) is 0 Å². The predicted octanol–water partition coefficient (Wildman–Crippen LogP) is 2.27. The predicted molar refractivity (Wildman–Crippen MR) is 69.0 cm³/mol. The van der Waals surface area contributed by atoms with Crippen molar-refractivity contribution in [3.05, 3.63) is 29.8 Å². The van der Waals surface area contributed by atoms with Crippen molar-refractivity contribution in [3.63, 3.8) is 0 Å². The quantitative estimate of drug-likeness (QED) is 0.907. The Bertz CT molecular complexity index is 489. The molecule has 0 amide bonds. The molecule has 1 saturated heterocycles. The van der Waals surface area contributed by atoms with E-state index in [1.54, 1.807) is 12.3 Å². The molecule has 3 atom stereocenters. The van der Waals surface area contributed by atoms with Crippen LogP contribution in [0.25, 0.3) is 0 Å². The topological polar surface area (TPSA) is 34.2 Å². The van der Waals surface area contributed by atoms with Gasteiger partial charge in [0.1, 0.15) is 5.82 Å². The third-order valence-corrected chi connectivity index (χ3v) is 5.36. The standard InChI is InChI=1S/C15H19FN2O/c16-11-3-1-7-17-12(11)9-18-13-10-4-8-19-14(10)15(13)5-2-6-15/h1,3,7,10,13-14,18H,2,4-6,8-9H2/t10-,13+,14+/m0/s1. The molecule has 2 saturated carbocycles. The molecule has 3 nitrogen and oxygen atoms in total. The first kappa shape index (κ1) is 11.8. The Labute approximate surface area is 112 Å². The Morgan fingerprint density at radius 3 is 3.11 bits per heavy atom. The molecule has 3 fully saturated rings. The van der Waals surface area contributed by atoms with Crippen LogP contribution in [0.2, 0.25) is 0 Å². The molecule has 4 heteroatoms. The molecule has 1 N–H and O–H groups in total. The van der Waals surface area contributed by atoms with E-state index in [1.807, 2.05) is 0 Å². The fourth-order valence-corrected chi connectivity index (χ4v) is 4.31. The first-order valence-corrected chi connectivity index (χ1v) is 7.26. The zero-order valence-electron chi connectivity index (χ0n) is 10.9. The summed E-state index contributed by atoms with van der Waals surface area (Å²) in [6.07, 6.45) is 7.10. The summed E-state index contributed by atoms with van der Waals surface area (Å²) >= 11 is 0. The maximum atomic E-state index is 13.6. The number of halogens is 1. The fourth-order valence-electron chi connectivity index (χ4n) is 4.31. The van der Waals surface area contributed by atoms with Crippen molar-refractivity contribution in [3.8, 4) is 0 Å². The largest absolute Gasteiger partial charge is 0.377 e. The molecule has 1 spiro atoms. The molecule has 2 aliphatic carbocycles. The highest BCUT2D eigenvalue weighted by atomic mass is 19.1. The molecule has 19 heavy (non-hydrogen) atoms. The molecule has 0 bridgehead atoms. The van der Waals surface area contributed by atoms with Crippen LogP contribution in [0.4, 0.5) is 4.39 Å². The fraction of sp³-hybridized carbons (Fsp3) is 0.667. The summed E-state index contributed by atoms with van der Waals surface area (Å²) in [5.74, 6) is 0.420.